The van der Waals surface area contributed by atoms with Crippen LogP contribution in [0.25, 0.3) is 0 Å². The Morgan fingerprint density at radius 3 is 2.40 bits per heavy atom. The second kappa shape index (κ2) is 9.25. The van der Waals surface area contributed by atoms with Crippen LogP contribution in [0.4, 0.5) is 0 Å². The lowest BCUT2D eigenvalue weighted by atomic mass is 9.81. The maximum Gasteiger partial charge on any atom is 0.341 e. The molecule has 1 aliphatic heterocycles. The van der Waals surface area contributed by atoms with Gasteiger partial charge in [0, 0.05) is 40.9 Å². The number of hydrogen-bond acceptors (Lipinski definition) is 4. The van der Waals surface area contributed by atoms with Crippen LogP contribution in [0.15, 0.2) is 42.5 Å². The van der Waals surface area contributed by atoms with Crippen LogP contribution in [-0.2, 0) is 14.3 Å². The van der Waals surface area contributed by atoms with Crippen LogP contribution >= 0.6 is 23.2 Å². The maximum atomic E-state index is 11.9. The number of hydrogen-bond donors (Lipinski definition) is 2. The molecule has 1 amide bonds. The highest BCUT2D eigenvalue weighted by Crippen LogP contribution is 2.46. The summed E-state index contributed by atoms with van der Waals surface area (Å²) in [5.41, 5.74) is 1.01. The van der Waals surface area contributed by atoms with Crippen molar-refractivity contribution >= 4 is 35.1 Å². The Balaban J connectivity index is 1.98. The van der Waals surface area contributed by atoms with Gasteiger partial charge in [-0.25, -0.2) is 4.79 Å². The molecule has 2 aromatic carbocycles. The fraction of sp³-hybridized carbons (Fsp3) is 0.364. The van der Waals surface area contributed by atoms with Crippen LogP contribution in [0.5, 0.6) is 5.75 Å². The molecule has 0 bridgehead atoms. The van der Waals surface area contributed by atoms with Gasteiger partial charge in [-0.2, -0.15) is 0 Å². The first-order chi connectivity index (χ1) is 14.1. The fourth-order valence-corrected chi connectivity index (χ4v) is 4.13. The molecule has 0 spiro atoms. The summed E-state index contributed by atoms with van der Waals surface area (Å²) in [6, 6.07) is 12.3. The van der Waals surface area contributed by atoms with E-state index in [4.69, 9.17) is 37.8 Å². The molecule has 3 rings (SSSR count). The number of ether oxygens (including phenoxy) is 2. The van der Waals surface area contributed by atoms with E-state index < -0.39 is 24.2 Å². The van der Waals surface area contributed by atoms with Crippen LogP contribution in [0.1, 0.15) is 50.0 Å². The first-order valence-corrected chi connectivity index (χ1v) is 10.2. The van der Waals surface area contributed by atoms with Gasteiger partial charge in [0.05, 0.1) is 12.2 Å². The molecule has 0 radical (unpaired) electrons. The summed E-state index contributed by atoms with van der Waals surface area (Å²) in [7, 11) is 0. The molecule has 2 N–H and O–H groups in total. The number of nitrogens with one attached hydrogen (secondary N) is 1. The van der Waals surface area contributed by atoms with Crippen LogP contribution < -0.4 is 10.1 Å². The summed E-state index contributed by atoms with van der Waals surface area (Å²) in [6.07, 6.45) is 0.250. The van der Waals surface area contributed by atoms with Crippen LogP contribution in [0.2, 0.25) is 10.0 Å². The molecular weight excluding hydrogens is 429 g/mol. The van der Waals surface area contributed by atoms with Gasteiger partial charge in [0.2, 0.25) is 5.91 Å². The van der Waals surface area contributed by atoms with Crippen molar-refractivity contribution < 1.29 is 24.2 Å². The van der Waals surface area contributed by atoms with Crippen molar-refractivity contribution in [2.24, 2.45) is 0 Å². The number of carbonyl (C=O) groups is 2. The van der Waals surface area contributed by atoms with Crippen molar-refractivity contribution in [2.75, 3.05) is 6.61 Å². The molecule has 1 aliphatic rings. The zero-order valence-corrected chi connectivity index (χ0v) is 18.2. The largest absolute Gasteiger partial charge is 0.482 e. The average Bonchev–Trinajstić information content (AvgIpc) is 2.66. The fourth-order valence-electron chi connectivity index (χ4n) is 3.82. The van der Waals surface area contributed by atoms with Gasteiger partial charge in [0.1, 0.15) is 5.75 Å². The topological polar surface area (TPSA) is 84.9 Å². The van der Waals surface area contributed by atoms with Gasteiger partial charge >= 0.3 is 5.97 Å². The molecule has 2 aromatic rings. The maximum absolute atomic E-state index is 11.9. The molecule has 30 heavy (non-hydrogen) atoms. The summed E-state index contributed by atoms with van der Waals surface area (Å²) in [6.45, 7) is 2.97. The minimum Gasteiger partial charge on any atom is -0.482 e. The van der Waals surface area contributed by atoms with Gasteiger partial charge in [-0.05, 0) is 42.8 Å². The Morgan fingerprint density at radius 2 is 1.77 bits per heavy atom. The van der Waals surface area contributed by atoms with Gasteiger partial charge in [0.25, 0.3) is 0 Å². The third-order valence-corrected chi connectivity index (χ3v) is 5.48. The molecule has 8 heteroatoms. The Bertz CT molecular complexity index is 934. The highest BCUT2D eigenvalue weighted by Gasteiger charge is 2.40. The number of amides is 1. The molecule has 3 atom stereocenters. The summed E-state index contributed by atoms with van der Waals surface area (Å²) in [5, 5.41) is 13.1. The molecule has 0 aromatic heterocycles. The van der Waals surface area contributed by atoms with Crippen LogP contribution in [0.3, 0.4) is 0 Å². The molecule has 1 heterocycles. The molecule has 1 fully saturated rings. The Kier molecular flexibility index (Phi) is 6.91. The highest BCUT2D eigenvalue weighted by molar-refractivity contribution is 6.30. The van der Waals surface area contributed by atoms with Gasteiger partial charge in [0.15, 0.2) is 6.61 Å². The second-order valence-corrected chi connectivity index (χ2v) is 8.55. The summed E-state index contributed by atoms with van der Waals surface area (Å²) >= 11 is 12.2. The lowest BCUT2D eigenvalue weighted by Gasteiger charge is -2.43. The smallest absolute Gasteiger partial charge is 0.341 e. The van der Waals surface area contributed by atoms with E-state index in [0.29, 0.717) is 34.2 Å². The standard InChI is InChI=1S/C22H23Cl2NO5/c1-13(26)25-22(2)10-19(14-3-5-15(23)6-4-14)30-20(11-22)17-9-16(24)7-8-18(17)29-12-21(27)28/h3-9,19-20H,10-12H2,1-2H3,(H,25,26)(H,27,28)/t19-,20+,22-/m0/s1. The molecule has 6 nitrogen and oxygen atoms in total. The van der Waals surface area contributed by atoms with E-state index in [2.05, 4.69) is 5.32 Å². The SMILES string of the molecule is CC(=O)N[C@@]1(C)C[C@@H](c2ccc(Cl)cc2)O[C@@H](c2cc(Cl)ccc2OCC(=O)O)C1. The molecule has 1 saturated heterocycles. The van der Waals surface area contributed by atoms with Gasteiger partial charge < -0.3 is 19.9 Å². The molecule has 160 valence electrons. The van der Waals surface area contributed by atoms with Crippen molar-refractivity contribution in [1.29, 1.82) is 0 Å². The first-order valence-electron chi connectivity index (χ1n) is 9.49. The van der Waals surface area contributed by atoms with E-state index in [1.54, 1.807) is 30.3 Å². The van der Waals surface area contributed by atoms with Crippen molar-refractivity contribution in [2.45, 2.75) is 44.4 Å². The van der Waals surface area contributed by atoms with E-state index in [1.807, 2.05) is 19.1 Å². The third-order valence-electron chi connectivity index (χ3n) is 4.99. The second-order valence-electron chi connectivity index (χ2n) is 7.68. The lowest BCUT2D eigenvalue weighted by Crippen LogP contribution is -2.50. The first kappa shape index (κ1) is 22.4. The van der Waals surface area contributed by atoms with E-state index in [0.717, 1.165) is 5.56 Å². The summed E-state index contributed by atoms with van der Waals surface area (Å²) < 4.78 is 11.9. The van der Waals surface area contributed by atoms with Gasteiger partial charge in [-0.15, -0.1) is 0 Å². The number of rotatable bonds is 6. The minimum absolute atomic E-state index is 0.138. The van der Waals surface area contributed by atoms with E-state index in [9.17, 15) is 9.59 Å². The molecular formula is C22H23Cl2NO5. The predicted octanol–water partition coefficient (Wildman–Crippen LogP) is 4.94. The van der Waals surface area contributed by atoms with Crippen molar-refractivity contribution in [3.8, 4) is 5.75 Å². The van der Waals surface area contributed by atoms with Gasteiger partial charge in [-0.1, -0.05) is 35.3 Å². The van der Waals surface area contributed by atoms with Crippen molar-refractivity contribution in [1.82, 2.24) is 5.32 Å². The molecule has 0 unspecified atom stereocenters. The Hall–Kier alpha value is -2.28. The number of carboxylic acids is 1. The number of aliphatic carboxylic acids is 1. The number of carbonyl (C=O) groups excluding carboxylic acids is 1. The molecule has 0 saturated carbocycles. The number of carboxylic acid groups (broad SMARTS) is 1. The highest BCUT2D eigenvalue weighted by atomic mass is 35.5. The number of halogens is 2. The molecule has 0 aliphatic carbocycles. The summed E-state index contributed by atoms with van der Waals surface area (Å²) in [5.74, 6) is -0.835. The third kappa shape index (κ3) is 5.65. The average molecular weight is 452 g/mol. The van der Waals surface area contributed by atoms with Crippen LogP contribution in [-0.4, -0.2) is 29.1 Å². The van der Waals surface area contributed by atoms with E-state index in [-0.39, 0.29) is 12.0 Å². The monoisotopic (exact) mass is 451 g/mol. The Labute approximate surface area is 185 Å². The zero-order valence-electron chi connectivity index (χ0n) is 16.7. The number of benzene rings is 2. The lowest BCUT2D eigenvalue weighted by molar-refractivity contribution is -0.139. The minimum atomic E-state index is -1.08. The van der Waals surface area contributed by atoms with Crippen molar-refractivity contribution in [3.63, 3.8) is 0 Å². The van der Waals surface area contributed by atoms with Crippen molar-refractivity contribution in [3.05, 3.63) is 63.6 Å². The Morgan fingerprint density at radius 1 is 1.13 bits per heavy atom. The van der Waals surface area contributed by atoms with Crippen LogP contribution in [0, 0.1) is 0 Å². The predicted molar refractivity (Wildman–Crippen MR) is 114 cm³/mol. The quantitative estimate of drug-likeness (QED) is 0.649. The van der Waals surface area contributed by atoms with Gasteiger partial charge in [-0.3, -0.25) is 4.79 Å². The summed E-state index contributed by atoms with van der Waals surface area (Å²) in [4.78, 5) is 22.8. The van der Waals surface area contributed by atoms with E-state index >= 15 is 0 Å². The van der Waals surface area contributed by atoms with E-state index in [1.165, 1.54) is 6.92 Å². The zero-order chi connectivity index (χ0) is 21.9. The normalized spacial score (nSPS) is 23.6.